The van der Waals surface area contributed by atoms with Crippen molar-refractivity contribution < 1.29 is 18.7 Å². The fourth-order valence-corrected chi connectivity index (χ4v) is 6.87. The number of ether oxygens (including phenoxy) is 1. The topological polar surface area (TPSA) is 87.7 Å². The number of anilines is 2. The zero-order valence-corrected chi connectivity index (χ0v) is 25.5. The van der Waals surface area contributed by atoms with E-state index in [0.29, 0.717) is 42.9 Å². The van der Waals surface area contributed by atoms with Gasteiger partial charge in [0.05, 0.1) is 21.2 Å². The Hall–Kier alpha value is -4.57. The molecule has 0 aliphatic carbocycles. The number of hydrogen-bond acceptors (Lipinski definition) is 7. The molecule has 8 nitrogen and oxygen atoms in total. The number of thiazole rings is 1. The molecule has 4 heterocycles. The van der Waals surface area contributed by atoms with Crippen LogP contribution in [0, 0.1) is 17.7 Å². The minimum Gasteiger partial charge on any atom is -0.444 e. The number of pyridine rings is 1. The maximum Gasteiger partial charge on any atom is 0.410 e. The van der Waals surface area contributed by atoms with E-state index in [2.05, 4.69) is 15.3 Å². The van der Waals surface area contributed by atoms with Crippen LogP contribution in [0.4, 0.5) is 20.6 Å². The van der Waals surface area contributed by atoms with E-state index in [-0.39, 0.29) is 23.8 Å². The van der Waals surface area contributed by atoms with Gasteiger partial charge in [-0.05, 0) is 74.9 Å². The molecule has 44 heavy (non-hydrogen) atoms. The standard InChI is InChI=1S/C34H32FN5O3S/c1-34(2,3)43-33(42)40-17-22-15-39(16-23(22)18-40)32(41)21-4-7-25(27(35)13-21)20-5-8-28-26(12-20)29(10-11-36-28)38-24-6-9-31-30(14-24)37-19-44-31/h4-14,19,22-23H,15-18H2,1-3H3,(H,36,38). The highest BCUT2D eigenvalue weighted by Crippen LogP contribution is 2.35. The number of carbonyl (C=O) groups is 2. The number of rotatable bonds is 4. The number of likely N-dealkylation sites (tertiary alicyclic amines) is 2. The Bertz CT molecular complexity index is 1900. The second-order valence-electron chi connectivity index (χ2n) is 12.6. The number of nitrogens with zero attached hydrogens (tertiary/aromatic N) is 4. The third-order valence-electron chi connectivity index (χ3n) is 8.30. The zero-order valence-electron chi connectivity index (χ0n) is 24.7. The van der Waals surface area contributed by atoms with E-state index in [4.69, 9.17) is 4.74 Å². The Balaban J connectivity index is 1.07. The van der Waals surface area contributed by atoms with Crippen molar-refractivity contribution in [2.75, 3.05) is 31.5 Å². The Morgan fingerprint density at radius 1 is 0.909 bits per heavy atom. The summed E-state index contributed by atoms with van der Waals surface area (Å²) in [6.07, 6.45) is 1.43. The minimum atomic E-state index is -0.548. The van der Waals surface area contributed by atoms with E-state index in [0.717, 1.165) is 32.5 Å². The average Bonchev–Trinajstić information content (AvgIpc) is 3.71. The first-order chi connectivity index (χ1) is 21.1. The number of benzene rings is 3. The lowest BCUT2D eigenvalue weighted by molar-refractivity contribution is 0.0275. The molecule has 0 radical (unpaired) electrons. The smallest absolute Gasteiger partial charge is 0.410 e. The molecule has 10 heteroatoms. The fraction of sp³-hybridized carbons (Fsp3) is 0.294. The molecule has 2 aromatic heterocycles. The number of amides is 2. The summed E-state index contributed by atoms with van der Waals surface area (Å²) >= 11 is 1.60. The number of aromatic nitrogens is 2. The van der Waals surface area contributed by atoms with Crippen LogP contribution >= 0.6 is 11.3 Å². The molecule has 5 aromatic rings. The lowest BCUT2D eigenvalue weighted by Gasteiger charge is -2.26. The van der Waals surface area contributed by atoms with Crippen molar-refractivity contribution in [3.05, 3.63) is 83.8 Å². The summed E-state index contributed by atoms with van der Waals surface area (Å²) in [4.78, 5) is 38.3. The van der Waals surface area contributed by atoms with Crippen molar-refractivity contribution in [1.29, 1.82) is 0 Å². The van der Waals surface area contributed by atoms with Crippen LogP contribution in [-0.4, -0.2) is 63.5 Å². The van der Waals surface area contributed by atoms with Gasteiger partial charge in [0.25, 0.3) is 5.91 Å². The minimum absolute atomic E-state index is 0.188. The highest BCUT2D eigenvalue weighted by Gasteiger charge is 2.44. The average molecular weight is 610 g/mol. The molecule has 0 bridgehead atoms. The van der Waals surface area contributed by atoms with Gasteiger partial charge in [-0.3, -0.25) is 9.78 Å². The summed E-state index contributed by atoms with van der Waals surface area (Å²) in [5.74, 6) is -0.279. The SMILES string of the molecule is CC(C)(C)OC(=O)N1CC2CN(C(=O)c3ccc(-c4ccc5nccc(Nc6ccc7scnc7c6)c5c4)c(F)c3)CC2C1. The third kappa shape index (κ3) is 5.45. The Kier molecular flexibility index (Phi) is 6.96. The molecule has 0 spiro atoms. The van der Waals surface area contributed by atoms with Crippen molar-refractivity contribution in [3.8, 4) is 11.1 Å². The van der Waals surface area contributed by atoms with Gasteiger partial charge in [0.15, 0.2) is 0 Å². The molecule has 2 amide bonds. The summed E-state index contributed by atoms with van der Waals surface area (Å²) in [7, 11) is 0. The molecular formula is C34H32FN5O3S. The van der Waals surface area contributed by atoms with Gasteiger partial charge in [-0.2, -0.15) is 0 Å². The maximum atomic E-state index is 15.6. The van der Waals surface area contributed by atoms with Crippen molar-refractivity contribution in [1.82, 2.24) is 19.8 Å². The summed E-state index contributed by atoms with van der Waals surface area (Å²) in [5, 5.41) is 4.32. The molecule has 2 fully saturated rings. The number of fused-ring (bicyclic) bond motifs is 3. The first-order valence-electron chi connectivity index (χ1n) is 14.7. The Morgan fingerprint density at radius 3 is 2.43 bits per heavy atom. The summed E-state index contributed by atoms with van der Waals surface area (Å²) in [6, 6.07) is 18.3. The molecule has 2 aliphatic rings. The van der Waals surface area contributed by atoms with Gasteiger partial charge in [0, 0.05) is 72.1 Å². The molecule has 7 rings (SSSR count). The van der Waals surface area contributed by atoms with E-state index in [9.17, 15) is 9.59 Å². The summed E-state index contributed by atoms with van der Waals surface area (Å²) in [5.41, 5.74) is 6.16. The molecule has 224 valence electrons. The van der Waals surface area contributed by atoms with Crippen LogP contribution in [0.2, 0.25) is 0 Å². The van der Waals surface area contributed by atoms with Gasteiger partial charge >= 0.3 is 6.09 Å². The van der Waals surface area contributed by atoms with Gasteiger partial charge in [0.2, 0.25) is 0 Å². The lowest BCUT2D eigenvalue weighted by Crippen LogP contribution is -2.38. The van der Waals surface area contributed by atoms with Crippen LogP contribution in [0.15, 0.2) is 72.4 Å². The van der Waals surface area contributed by atoms with Crippen LogP contribution in [-0.2, 0) is 4.74 Å². The normalized spacial score (nSPS) is 18.2. The van der Waals surface area contributed by atoms with Crippen molar-refractivity contribution in [2.45, 2.75) is 26.4 Å². The molecular weight excluding hydrogens is 577 g/mol. The number of hydrogen-bond donors (Lipinski definition) is 1. The fourth-order valence-electron chi connectivity index (χ4n) is 6.21. The predicted octanol–water partition coefficient (Wildman–Crippen LogP) is 7.33. The molecule has 3 aromatic carbocycles. The second kappa shape index (κ2) is 10.9. The van der Waals surface area contributed by atoms with Crippen LogP contribution in [0.5, 0.6) is 0 Å². The molecule has 2 saturated heterocycles. The monoisotopic (exact) mass is 609 g/mol. The molecule has 2 aliphatic heterocycles. The van der Waals surface area contributed by atoms with Crippen LogP contribution < -0.4 is 5.32 Å². The number of carbonyl (C=O) groups excluding carboxylic acids is 2. The number of nitrogens with one attached hydrogen (secondary N) is 1. The van der Waals surface area contributed by atoms with Crippen molar-refractivity contribution >= 4 is 55.8 Å². The quantitative estimate of drug-likeness (QED) is 0.230. The van der Waals surface area contributed by atoms with Gasteiger partial charge in [-0.1, -0.05) is 12.1 Å². The van der Waals surface area contributed by atoms with Crippen LogP contribution in [0.3, 0.4) is 0 Å². The molecule has 2 unspecified atom stereocenters. The lowest BCUT2D eigenvalue weighted by atomic mass is 10.00. The second-order valence-corrected chi connectivity index (χ2v) is 13.4. The van der Waals surface area contributed by atoms with E-state index in [1.807, 2.05) is 68.7 Å². The van der Waals surface area contributed by atoms with Crippen molar-refractivity contribution in [3.63, 3.8) is 0 Å². The first kappa shape index (κ1) is 28.2. The molecule has 2 atom stereocenters. The third-order valence-corrected chi connectivity index (χ3v) is 9.11. The van der Waals surface area contributed by atoms with Gasteiger partial charge in [-0.25, -0.2) is 14.2 Å². The largest absolute Gasteiger partial charge is 0.444 e. The van der Waals surface area contributed by atoms with E-state index < -0.39 is 11.4 Å². The van der Waals surface area contributed by atoms with E-state index in [1.54, 1.807) is 39.5 Å². The summed E-state index contributed by atoms with van der Waals surface area (Å²) < 4.78 is 22.2. The molecule has 0 saturated carbocycles. The van der Waals surface area contributed by atoms with E-state index >= 15 is 4.39 Å². The number of halogens is 1. The van der Waals surface area contributed by atoms with Crippen molar-refractivity contribution in [2.24, 2.45) is 11.8 Å². The predicted molar refractivity (Wildman–Crippen MR) is 171 cm³/mol. The van der Waals surface area contributed by atoms with Gasteiger partial charge < -0.3 is 19.9 Å². The van der Waals surface area contributed by atoms with Crippen LogP contribution in [0.25, 0.3) is 32.2 Å². The first-order valence-corrected chi connectivity index (χ1v) is 15.6. The van der Waals surface area contributed by atoms with Gasteiger partial charge in [-0.15, -0.1) is 11.3 Å². The molecule has 1 N–H and O–H groups in total. The zero-order chi connectivity index (χ0) is 30.6. The maximum absolute atomic E-state index is 15.6. The van der Waals surface area contributed by atoms with Crippen LogP contribution in [0.1, 0.15) is 31.1 Å². The van der Waals surface area contributed by atoms with E-state index in [1.165, 1.54) is 6.07 Å². The Labute approximate surface area is 258 Å². The van der Waals surface area contributed by atoms with Gasteiger partial charge in [0.1, 0.15) is 11.4 Å². The summed E-state index contributed by atoms with van der Waals surface area (Å²) in [6.45, 7) is 7.75. The highest BCUT2D eigenvalue weighted by molar-refractivity contribution is 7.16. The highest BCUT2D eigenvalue weighted by atomic mass is 32.1. The Morgan fingerprint density at radius 2 is 1.68 bits per heavy atom.